The van der Waals surface area contributed by atoms with E-state index in [1.165, 1.54) is 58.4 Å². The summed E-state index contributed by atoms with van der Waals surface area (Å²) in [5.41, 5.74) is 1.02. The lowest BCUT2D eigenvalue weighted by Crippen LogP contribution is -2.37. The fourth-order valence-corrected chi connectivity index (χ4v) is 3.42. The Labute approximate surface area is 126 Å². The van der Waals surface area contributed by atoms with Gasteiger partial charge in [-0.1, -0.05) is 11.6 Å². The Bertz CT molecular complexity index is 408. The van der Waals surface area contributed by atoms with E-state index in [1.54, 1.807) is 0 Å². The van der Waals surface area contributed by atoms with Gasteiger partial charge in [0.25, 0.3) is 0 Å². The first-order valence-corrected chi connectivity index (χ1v) is 8.10. The molecule has 0 radical (unpaired) electrons. The first-order valence-electron chi connectivity index (χ1n) is 7.72. The van der Waals surface area contributed by atoms with Crippen LogP contribution in [-0.2, 0) is 6.54 Å². The van der Waals surface area contributed by atoms with E-state index in [0.717, 1.165) is 18.2 Å². The average molecular weight is 295 g/mol. The normalized spacial score (nSPS) is 22.4. The van der Waals surface area contributed by atoms with Crippen molar-refractivity contribution in [1.29, 1.82) is 0 Å². The summed E-state index contributed by atoms with van der Waals surface area (Å²) in [6.45, 7) is 7.22. The van der Waals surface area contributed by atoms with Crippen molar-refractivity contribution >= 4 is 11.6 Å². The van der Waals surface area contributed by atoms with Gasteiger partial charge in [0.15, 0.2) is 5.15 Å². The van der Waals surface area contributed by atoms with Gasteiger partial charge in [0.05, 0.1) is 5.69 Å². The van der Waals surface area contributed by atoms with E-state index in [4.69, 9.17) is 11.6 Å². The van der Waals surface area contributed by atoms with Crippen LogP contribution < -0.4 is 0 Å². The maximum Gasteiger partial charge on any atom is 0.151 e. The van der Waals surface area contributed by atoms with Crippen molar-refractivity contribution in [2.45, 2.75) is 32.2 Å². The number of nitrogens with zero attached hydrogens (tertiary/aromatic N) is 4. The van der Waals surface area contributed by atoms with Crippen LogP contribution in [0.25, 0.3) is 0 Å². The van der Waals surface area contributed by atoms with Gasteiger partial charge < -0.3 is 4.90 Å². The molecule has 20 heavy (non-hydrogen) atoms. The molecular formula is C15H23ClN4. The maximum absolute atomic E-state index is 5.76. The molecule has 0 amide bonds. The number of aromatic nitrogens is 2. The fraction of sp³-hybridized carbons (Fsp3) is 0.733. The van der Waals surface area contributed by atoms with Crippen LogP contribution in [0.15, 0.2) is 12.1 Å². The van der Waals surface area contributed by atoms with E-state index < -0.39 is 0 Å². The summed E-state index contributed by atoms with van der Waals surface area (Å²) in [6, 6.07) is 3.80. The number of piperidine rings is 1. The van der Waals surface area contributed by atoms with Crippen LogP contribution >= 0.6 is 11.6 Å². The third-order valence-electron chi connectivity index (χ3n) is 4.50. The van der Waals surface area contributed by atoms with Crippen LogP contribution in [-0.4, -0.2) is 52.7 Å². The molecule has 5 heteroatoms. The van der Waals surface area contributed by atoms with Crippen molar-refractivity contribution in [3.8, 4) is 0 Å². The molecule has 1 aromatic heterocycles. The molecule has 2 aliphatic heterocycles. The van der Waals surface area contributed by atoms with Crippen molar-refractivity contribution in [2.75, 3.05) is 32.7 Å². The van der Waals surface area contributed by atoms with Crippen LogP contribution in [0.5, 0.6) is 0 Å². The standard InChI is InChI=1S/C15H23ClN4/c16-15-4-3-14(17-18-15)12-20-9-5-13(6-10-20)11-19-7-1-2-8-19/h3-4,13H,1-2,5-12H2. The molecule has 3 rings (SSSR count). The molecule has 0 atom stereocenters. The zero-order chi connectivity index (χ0) is 13.8. The first kappa shape index (κ1) is 14.2. The molecule has 4 nitrogen and oxygen atoms in total. The minimum Gasteiger partial charge on any atom is -0.303 e. The van der Waals surface area contributed by atoms with Crippen LogP contribution in [0.3, 0.4) is 0 Å². The molecule has 0 N–H and O–H groups in total. The Hall–Kier alpha value is -0.710. The average Bonchev–Trinajstić information content (AvgIpc) is 2.96. The zero-order valence-corrected chi connectivity index (χ0v) is 12.7. The number of hydrogen-bond donors (Lipinski definition) is 0. The molecular weight excluding hydrogens is 272 g/mol. The molecule has 0 unspecified atom stereocenters. The molecule has 110 valence electrons. The van der Waals surface area contributed by atoms with Crippen molar-refractivity contribution in [3.63, 3.8) is 0 Å². The summed E-state index contributed by atoms with van der Waals surface area (Å²) in [5.74, 6) is 0.889. The lowest BCUT2D eigenvalue weighted by Gasteiger charge is -2.33. The Kier molecular flexibility index (Phi) is 4.86. The topological polar surface area (TPSA) is 32.3 Å². The number of hydrogen-bond acceptors (Lipinski definition) is 4. The predicted octanol–water partition coefficient (Wildman–Crippen LogP) is 2.44. The molecule has 2 fully saturated rings. The molecule has 3 heterocycles. The number of rotatable bonds is 4. The smallest absolute Gasteiger partial charge is 0.151 e. The van der Waals surface area contributed by atoms with Gasteiger partial charge in [-0.2, -0.15) is 5.10 Å². The Morgan fingerprint density at radius 3 is 2.40 bits per heavy atom. The predicted molar refractivity (Wildman–Crippen MR) is 80.7 cm³/mol. The quantitative estimate of drug-likeness (QED) is 0.854. The lowest BCUT2D eigenvalue weighted by atomic mass is 9.96. The van der Waals surface area contributed by atoms with Gasteiger partial charge in [-0.3, -0.25) is 4.90 Å². The lowest BCUT2D eigenvalue weighted by molar-refractivity contribution is 0.147. The Morgan fingerprint density at radius 2 is 1.75 bits per heavy atom. The zero-order valence-electron chi connectivity index (χ0n) is 12.0. The van der Waals surface area contributed by atoms with Gasteiger partial charge in [0.2, 0.25) is 0 Å². The fourth-order valence-electron chi connectivity index (χ4n) is 3.31. The van der Waals surface area contributed by atoms with Gasteiger partial charge in [-0.15, -0.1) is 5.10 Å². The Morgan fingerprint density at radius 1 is 1.00 bits per heavy atom. The highest BCUT2D eigenvalue weighted by molar-refractivity contribution is 6.29. The van der Waals surface area contributed by atoms with E-state index in [1.807, 2.05) is 12.1 Å². The van der Waals surface area contributed by atoms with Crippen molar-refractivity contribution in [1.82, 2.24) is 20.0 Å². The van der Waals surface area contributed by atoms with Crippen molar-refractivity contribution < 1.29 is 0 Å². The molecule has 0 aliphatic carbocycles. The van der Waals surface area contributed by atoms with E-state index in [9.17, 15) is 0 Å². The SMILES string of the molecule is Clc1ccc(CN2CCC(CN3CCCC3)CC2)nn1. The second kappa shape index (κ2) is 6.83. The van der Waals surface area contributed by atoms with Crippen molar-refractivity contribution in [3.05, 3.63) is 23.0 Å². The minimum atomic E-state index is 0.470. The summed E-state index contributed by atoms with van der Waals surface area (Å²) in [7, 11) is 0. The third-order valence-corrected chi connectivity index (χ3v) is 4.70. The second-order valence-electron chi connectivity index (χ2n) is 6.07. The molecule has 0 spiro atoms. The molecule has 1 aromatic rings. The molecule has 2 saturated heterocycles. The largest absolute Gasteiger partial charge is 0.303 e. The first-order chi connectivity index (χ1) is 9.79. The summed E-state index contributed by atoms with van der Waals surface area (Å²) in [4.78, 5) is 5.13. The number of likely N-dealkylation sites (tertiary alicyclic amines) is 2. The highest BCUT2D eigenvalue weighted by atomic mass is 35.5. The minimum absolute atomic E-state index is 0.470. The van der Waals surface area contributed by atoms with Gasteiger partial charge in [0.1, 0.15) is 0 Å². The molecule has 0 bridgehead atoms. The van der Waals surface area contributed by atoms with Gasteiger partial charge in [-0.05, 0) is 69.9 Å². The van der Waals surface area contributed by atoms with Gasteiger partial charge in [-0.25, -0.2) is 0 Å². The molecule has 0 saturated carbocycles. The van der Waals surface area contributed by atoms with Crippen LogP contribution in [0.1, 0.15) is 31.4 Å². The van der Waals surface area contributed by atoms with E-state index in [2.05, 4.69) is 20.0 Å². The highest BCUT2D eigenvalue weighted by Gasteiger charge is 2.22. The van der Waals surface area contributed by atoms with Crippen LogP contribution in [0.2, 0.25) is 5.15 Å². The second-order valence-corrected chi connectivity index (χ2v) is 6.46. The Balaban J connectivity index is 1.42. The van der Waals surface area contributed by atoms with E-state index in [-0.39, 0.29) is 0 Å². The molecule has 2 aliphatic rings. The third kappa shape index (κ3) is 3.90. The van der Waals surface area contributed by atoms with Crippen LogP contribution in [0, 0.1) is 5.92 Å². The molecule has 0 aromatic carbocycles. The van der Waals surface area contributed by atoms with Gasteiger partial charge >= 0.3 is 0 Å². The highest BCUT2D eigenvalue weighted by Crippen LogP contribution is 2.21. The van der Waals surface area contributed by atoms with Gasteiger partial charge in [0, 0.05) is 13.1 Å². The summed E-state index contributed by atoms with van der Waals surface area (Å²) in [5, 5.41) is 8.52. The van der Waals surface area contributed by atoms with E-state index in [0.29, 0.717) is 5.15 Å². The van der Waals surface area contributed by atoms with Crippen LogP contribution in [0.4, 0.5) is 0 Å². The maximum atomic E-state index is 5.76. The summed E-state index contributed by atoms with van der Waals surface area (Å²) >= 11 is 5.76. The van der Waals surface area contributed by atoms with Crippen molar-refractivity contribution in [2.24, 2.45) is 5.92 Å². The summed E-state index contributed by atoms with van der Waals surface area (Å²) in [6.07, 6.45) is 5.43. The number of halogens is 1. The summed E-state index contributed by atoms with van der Waals surface area (Å²) < 4.78 is 0. The monoisotopic (exact) mass is 294 g/mol. The van der Waals surface area contributed by atoms with E-state index >= 15 is 0 Å².